The number of aromatic nitrogens is 6. The third-order valence-electron chi connectivity index (χ3n) is 6.41. The Hall–Kier alpha value is -5.14. The van der Waals surface area contributed by atoms with Crippen molar-refractivity contribution in [2.75, 3.05) is 0 Å². The van der Waals surface area contributed by atoms with E-state index >= 15 is 0 Å². The zero-order valence-corrected chi connectivity index (χ0v) is 22.7. The summed E-state index contributed by atoms with van der Waals surface area (Å²) in [5.74, 6) is 6.21. The van der Waals surface area contributed by atoms with Crippen LogP contribution in [0.5, 0.6) is 0 Å². The first-order valence-corrected chi connectivity index (χ1v) is 13.4. The lowest BCUT2D eigenvalue weighted by atomic mass is 10.1. The SMILES string of the molecule is Cc1nc(C#Cc2cccc3nc([C@H](C)NC(=O)c4c(C)nn5cccnc45)n(-c4ccccc4)c(=O)c23)cs1. The van der Waals surface area contributed by atoms with E-state index in [1.54, 1.807) is 49.0 Å². The summed E-state index contributed by atoms with van der Waals surface area (Å²) in [6.45, 7) is 5.48. The summed E-state index contributed by atoms with van der Waals surface area (Å²) in [5, 5.41) is 10.6. The van der Waals surface area contributed by atoms with Crippen LogP contribution in [-0.2, 0) is 0 Å². The summed E-state index contributed by atoms with van der Waals surface area (Å²) in [6, 6.07) is 15.8. The molecule has 0 spiro atoms. The first kappa shape index (κ1) is 25.2. The van der Waals surface area contributed by atoms with Gasteiger partial charge in [0.05, 0.1) is 33.3 Å². The molecule has 0 unspecified atom stereocenters. The van der Waals surface area contributed by atoms with Gasteiger partial charge in [0.15, 0.2) is 5.65 Å². The maximum Gasteiger partial charge on any atom is 0.267 e. The van der Waals surface area contributed by atoms with Gasteiger partial charge in [0.1, 0.15) is 17.1 Å². The smallest absolute Gasteiger partial charge is 0.267 e. The Morgan fingerprint density at radius 1 is 1.02 bits per heavy atom. The minimum absolute atomic E-state index is 0.277. The molecule has 0 aliphatic heterocycles. The van der Waals surface area contributed by atoms with Gasteiger partial charge in [-0.15, -0.1) is 11.3 Å². The molecule has 0 fully saturated rings. The second-order valence-electron chi connectivity index (χ2n) is 9.19. The third kappa shape index (κ3) is 4.52. The highest BCUT2D eigenvalue weighted by Gasteiger charge is 2.24. The second kappa shape index (κ2) is 10.2. The zero-order chi connectivity index (χ0) is 27.8. The molecule has 0 saturated carbocycles. The van der Waals surface area contributed by atoms with Crippen molar-refractivity contribution in [2.24, 2.45) is 0 Å². The summed E-state index contributed by atoms with van der Waals surface area (Å²) in [6.07, 6.45) is 3.36. The molecule has 0 bridgehead atoms. The molecule has 0 aliphatic rings. The van der Waals surface area contributed by atoms with Crippen LogP contribution >= 0.6 is 11.3 Å². The Morgan fingerprint density at radius 3 is 2.62 bits per heavy atom. The van der Waals surface area contributed by atoms with Crippen LogP contribution in [-0.4, -0.2) is 35.0 Å². The van der Waals surface area contributed by atoms with Crippen LogP contribution in [0.25, 0.3) is 22.2 Å². The topological polar surface area (TPSA) is 107 Å². The molecule has 6 rings (SSSR count). The van der Waals surface area contributed by atoms with Crippen LogP contribution in [0.4, 0.5) is 0 Å². The second-order valence-corrected chi connectivity index (χ2v) is 10.3. The van der Waals surface area contributed by atoms with Crippen LogP contribution in [0.15, 0.2) is 77.2 Å². The number of amides is 1. The average Bonchev–Trinajstić information content (AvgIpc) is 3.53. The number of para-hydroxylation sites is 1. The number of aryl methyl sites for hydroxylation is 2. The molecule has 1 amide bonds. The number of nitrogens with one attached hydrogen (secondary N) is 1. The number of hydrogen-bond donors (Lipinski definition) is 1. The van der Waals surface area contributed by atoms with Gasteiger partial charge in [-0.25, -0.2) is 19.5 Å². The van der Waals surface area contributed by atoms with Crippen molar-refractivity contribution in [1.29, 1.82) is 0 Å². The van der Waals surface area contributed by atoms with E-state index in [1.165, 1.54) is 15.9 Å². The van der Waals surface area contributed by atoms with E-state index in [0.717, 1.165) is 5.01 Å². The van der Waals surface area contributed by atoms with Crippen molar-refractivity contribution in [2.45, 2.75) is 26.8 Å². The number of rotatable bonds is 4. The van der Waals surface area contributed by atoms with Crippen LogP contribution < -0.4 is 10.9 Å². The van der Waals surface area contributed by atoms with Gasteiger partial charge in [-0.05, 0) is 57.0 Å². The largest absolute Gasteiger partial charge is 0.342 e. The molecule has 9 nitrogen and oxygen atoms in total. The predicted molar refractivity (Wildman–Crippen MR) is 154 cm³/mol. The highest BCUT2D eigenvalue weighted by molar-refractivity contribution is 7.09. The van der Waals surface area contributed by atoms with E-state index in [4.69, 9.17) is 4.98 Å². The molecule has 0 aliphatic carbocycles. The Labute approximate surface area is 233 Å². The molecule has 1 N–H and O–H groups in total. The van der Waals surface area contributed by atoms with Crippen LogP contribution in [0.1, 0.15) is 51.1 Å². The summed E-state index contributed by atoms with van der Waals surface area (Å²) in [7, 11) is 0. The standard InChI is InChI=1S/C30H23N7O2S/c1-18-25(28-31-15-8-16-36(28)35-18)29(38)32-19(2)27-34-24-12-7-9-21(13-14-22-17-40-20(3)33-22)26(24)30(39)37(27)23-10-5-4-6-11-23/h4-12,15-17,19H,1-3H3,(H,32,38)/t19-/m0/s1. The predicted octanol–water partition coefficient (Wildman–Crippen LogP) is 4.39. The van der Waals surface area contributed by atoms with E-state index in [1.807, 2.05) is 48.7 Å². The molecule has 2 aromatic carbocycles. The van der Waals surface area contributed by atoms with Gasteiger partial charge in [0.25, 0.3) is 11.5 Å². The maximum atomic E-state index is 14.1. The minimum Gasteiger partial charge on any atom is -0.342 e. The highest BCUT2D eigenvalue weighted by Crippen LogP contribution is 2.21. The third-order valence-corrected chi connectivity index (χ3v) is 7.19. The van der Waals surface area contributed by atoms with E-state index in [2.05, 4.69) is 32.2 Å². The summed E-state index contributed by atoms with van der Waals surface area (Å²) < 4.78 is 3.10. The molecule has 4 aromatic heterocycles. The van der Waals surface area contributed by atoms with E-state index in [-0.39, 0.29) is 11.5 Å². The fraction of sp³-hybridized carbons (Fsp3) is 0.133. The van der Waals surface area contributed by atoms with Crippen molar-refractivity contribution in [3.63, 3.8) is 0 Å². The molecular weight excluding hydrogens is 522 g/mol. The molecule has 0 saturated heterocycles. The maximum absolute atomic E-state index is 14.1. The molecule has 1 atom stereocenters. The minimum atomic E-state index is -0.629. The monoisotopic (exact) mass is 545 g/mol. The molecule has 6 aromatic rings. The first-order chi connectivity index (χ1) is 19.4. The Bertz CT molecular complexity index is 2030. The first-order valence-electron chi connectivity index (χ1n) is 12.6. The number of carbonyl (C=O) groups is 1. The normalized spacial score (nSPS) is 11.8. The van der Waals surface area contributed by atoms with Gasteiger partial charge < -0.3 is 5.32 Å². The van der Waals surface area contributed by atoms with Crippen LogP contribution in [0, 0.1) is 25.7 Å². The Kier molecular flexibility index (Phi) is 6.42. The summed E-state index contributed by atoms with van der Waals surface area (Å²) in [5.41, 5.74) is 3.43. The van der Waals surface area contributed by atoms with E-state index in [0.29, 0.717) is 50.6 Å². The van der Waals surface area contributed by atoms with Crippen LogP contribution in [0.3, 0.4) is 0 Å². The van der Waals surface area contributed by atoms with Crippen molar-refractivity contribution < 1.29 is 4.79 Å². The molecule has 4 heterocycles. The van der Waals surface area contributed by atoms with Gasteiger partial charge >= 0.3 is 0 Å². The summed E-state index contributed by atoms with van der Waals surface area (Å²) in [4.78, 5) is 41.2. The number of benzene rings is 2. The number of thiazole rings is 1. The van der Waals surface area contributed by atoms with Crippen molar-refractivity contribution in [3.8, 4) is 17.5 Å². The lowest BCUT2D eigenvalue weighted by Gasteiger charge is -2.20. The highest BCUT2D eigenvalue weighted by atomic mass is 32.1. The Balaban J connectivity index is 1.48. The van der Waals surface area contributed by atoms with Gasteiger partial charge in [-0.3, -0.25) is 14.2 Å². The molecule has 0 radical (unpaired) electrons. The molecule has 40 heavy (non-hydrogen) atoms. The zero-order valence-electron chi connectivity index (χ0n) is 21.9. The fourth-order valence-corrected chi connectivity index (χ4v) is 5.16. The van der Waals surface area contributed by atoms with E-state index in [9.17, 15) is 9.59 Å². The van der Waals surface area contributed by atoms with Crippen molar-refractivity contribution >= 4 is 33.8 Å². The fourth-order valence-electron chi connectivity index (χ4n) is 4.62. The summed E-state index contributed by atoms with van der Waals surface area (Å²) >= 11 is 1.52. The number of hydrogen-bond acceptors (Lipinski definition) is 7. The quantitative estimate of drug-likeness (QED) is 0.329. The number of nitrogens with zero attached hydrogens (tertiary/aromatic N) is 6. The van der Waals surface area contributed by atoms with E-state index < -0.39 is 6.04 Å². The number of fused-ring (bicyclic) bond motifs is 2. The number of carbonyl (C=O) groups excluding carboxylic acids is 1. The van der Waals surface area contributed by atoms with Crippen LogP contribution in [0.2, 0.25) is 0 Å². The Morgan fingerprint density at radius 2 is 1.85 bits per heavy atom. The van der Waals surface area contributed by atoms with Gasteiger partial charge in [-0.1, -0.05) is 30.2 Å². The molecular formula is C30H23N7O2S. The van der Waals surface area contributed by atoms with Crippen molar-refractivity contribution in [3.05, 3.63) is 116 Å². The lowest BCUT2D eigenvalue weighted by Crippen LogP contribution is -2.33. The van der Waals surface area contributed by atoms with Gasteiger partial charge in [-0.2, -0.15) is 5.10 Å². The molecule has 10 heteroatoms. The van der Waals surface area contributed by atoms with Gasteiger partial charge in [0.2, 0.25) is 0 Å². The van der Waals surface area contributed by atoms with Crippen molar-refractivity contribution in [1.82, 2.24) is 34.4 Å². The van der Waals surface area contributed by atoms with Gasteiger partial charge in [0, 0.05) is 23.3 Å². The molecule has 196 valence electrons. The average molecular weight is 546 g/mol. The lowest BCUT2D eigenvalue weighted by molar-refractivity contribution is 0.0938.